The number of nitro benzene ring substituents is 1. The second kappa shape index (κ2) is 8.48. The summed E-state index contributed by atoms with van der Waals surface area (Å²) in [6, 6.07) is 4.26. The Morgan fingerprint density at radius 3 is 2.31 bits per heavy atom. The average molecular weight is 459 g/mol. The number of benzene rings is 1. The summed E-state index contributed by atoms with van der Waals surface area (Å²) in [6.45, 7) is 4.23. The third kappa shape index (κ3) is 5.15. The van der Waals surface area contributed by atoms with Gasteiger partial charge in [0.1, 0.15) is 5.60 Å². The van der Waals surface area contributed by atoms with Crippen LogP contribution in [0.25, 0.3) is 10.8 Å². The van der Waals surface area contributed by atoms with Gasteiger partial charge in [0.05, 0.1) is 12.0 Å². The first-order chi connectivity index (χ1) is 14.6. The van der Waals surface area contributed by atoms with Crippen molar-refractivity contribution in [2.24, 2.45) is 0 Å². The number of amides is 1. The predicted octanol–water partition coefficient (Wildman–Crippen LogP) is 2.98. The van der Waals surface area contributed by atoms with Crippen LogP contribution in [0.15, 0.2) is 29.1 Å². The molecule has 13 heteroatoms. The topological polar surface area (TPSA) is 141 Å². The highest BCUT2D eigenvalue weighted by atomic mass is 19.4. The summed E-state index contributed by atoms with van der Waals surface area (Å²) in [6.07, 6.45) is -8.18. The van der Waals surface area contributed by atoms with Crippen molar-refractivity contribution in [3.8, 4) is 0 Å². The second-order valence-electron chi connectivity index (χ2n) is 7.85. The number of carbonyl (C=O) groups is 2. The van der Waals surface area contributed by atoms with Crippen molar-refractivity contribution < 1.29 is 37.2 Å². The maximum absolute atomic E-state index is 14.1. The van der Waals surface area contributed by atoms with Gasteiger partial charge in [-0.25, -0.2) is 9.59 Å². The minimum absolute atomic E-state index is 0.0184. The molecule has 0 bridgehead atoms. The summed E-state index contributed by atoms with van der Waals surface area (Å²) >= 11 is 0. The van der Waals surface area contributed by atoms with Gasteiger partial charge in [0.25, 0.3) is 11.2 Å². The van der Waals surface area contributed by atoms with Crippen LogP contribution in [-0.4, -0.2) is 46.4 Å². The zero-order valence-corrected chi connectivity index (χ0v) is 17.5. The number of alkyl carbamates (subject to hydrolysis) is 1. The highest BCUT2D eigenvalue weighted by Crippen LogP contribution is 2.35. The normalized spacial score (nSPS) is 13.8. The minimum Gasteiger partial charge on any atom is -0.467 e. The molecule has 1 aromatic heterocycles. The van der Waals surface area contributed by atoms with E-state index in [0.29, 0.717) is 7.11 Å². The van der Waals surface area contributed by atoms with Crippen molar-refractivity contribution in [3.63, 3.8) is 0 Å². The lowest BCUT2D eigenvalue weighted by Crippen LogP contribution is -2.66. The number of non-ortho nitro benzene ring substituents is 1. The molecule has 1 atom stereocenters. The Morgan fingerprint density at radius 1 is 1.19 bits per heavy atom. The van der Waals surface area contributed by atoms with E-state index in [1.807, 2.05) is 0 Å². The van der Waals surface area contributed by atoms with E-state index in [1.165, 1.54) is 26.1 Å². The molecule has 0 saturated carbocycles. The van der Waals surface area contributed by atoms with E-state index in [9.17, 15) is 37.7 Å². The Hall–Kier alpha value is -3.64. The van der Waals surface area contributed by atoms with E-state index in [1.54, 1.807) is 0 Å². The number of hydrogen-bond acceptors (Lipinski definition) is 7. The van der Waals surface area contributed by atoms with Gasteiger partial charge in [0.15, 0.2) is 0 Å². The van der Waals surface area contributed by atoms with Gasteiger partial charge in [-0.05, 0) is 38.3 Å². The number of rotatable bonds is 5. The van der Waals surface area contributed by atoms with Crippen LogP contribution in [0.5, 0.6) is 0 Å². The van der Waals surface area contributed by atoms with E-state index in [4.69, 9.17) is 4.74 Å². The number of nitrogens with one attached hydrogen (secondary N) is 2. The van der Waals surface area contributed by atoms with Crippen molar-refractivity contribution in [3.05, 3.63) is 50.4 Å². The molecular weight excluding hydrogens is 439 g/mol. The molecule has 0 aliphatic rings. The number of pyridine rings is 1. The summed E-state index contributed by atoms with van der Waals surface area (Å²) < 4.78 is 51.5. The monoisotopic (exact) mass is 459 g/mol. The third-order valence-electron chi connectivity index (χ3n) is 4.28. The molecule has 0 fully saturated rings. The predicted molar refractivity (Wildman–Crippen MR) is 105 cm³/mol. The summed E-state index contributed by atoms with van der Waals surface area (Å²) in [7, 11) is 0.700. The van der Waals surface area contributed by atoms with E-state index in [0.717, 1.165) is 24.3 Å². The molecule has 1 unspecified atom stereocenters. The molecular formula is C19H20F3N3O7. The van der Waals surface area contributed by atoms with Gasteiger partial charge in [0.2, 0.25) is 5.54 Å². The SMILES string of the molecule is COC(=O)C(Cc1cc2cc([N+](=O)[O-])ccc2c(=O)[nH]1)(NC(=O)OC(C)(C)C)C(F)(F)F. The Balaban J connectivity index is 2.63. The zero-order chi connectivity index (χ0) is 24.5. The number of esters is 1. The molecule has 32 heavy (non-hydrogen) atoms. The largest absolute Gasteiger partial charge is 0.467 e. The summed E-state index contributed by atoms with van der Waals surface area (Å²) in [5, 5.41) is 12.5. The Labute approximate surface area is 178 Å². The number of aromatic amines is 1. The first-order valence-corrected chi connectivity index (χ1v) is 9.06. The number of methoxy groups -OCH3 is 1. The highest BCUT2D eigenvalue weighted by molar-refractivity contribution is 5.88. The van der Waals surface area contributed by atoms with Crippen LogP contribution in [-0.2, 0) is 20.7 Å². The lowest BCUT2D eigenvalue weighted by Gasteiger charge is -2.34. The van der Waals surface area contributed by atoms with Crippen LogP contribution in [0.3, 0.4) is 0 Å². The highest BCUT2D eigenvalue weighted by Gasteiger charge is 2.63. The summed E-state index contributed by atoms with van der Waals surface area (Å²) in [4.78, 5) is 49.2. The van der Waals surface area contributed by atoms with Gasteiger partial charge in [-0.3, -0.25) is 20.2 Å². The van der Waals surface area contributed by atoms with Gasteiger partial charge in [-0.15, -0.1) is 0 Å². The number of fused-ring (bicyclic) bond motifs is 1. The lowest BCUT2D eigenvalue weighted by atomic mass is 9.91. The number of nitro groups is 1. The van der Waals surface area contributed by atoms with Crippen LogP contribution < -0.4 is 10.9 Å². The third-order valence-corrected chi connectivity index (χ3v) is 4.28. The number of aromatic nitrogens is 1. The fourth-order valence-electron chi connectivity index (χ4n) is 2.91. The number of nitrogens with zero attached hydrogens (tertiary/aromatic N) is 1. The number of halogens is 3. The van der Waals surface area contributed by atoms with Crippen LogP contribution in [0.4, 0.5) is 23.7 Å². The lowest BCUT2D eigenvalue weighted by molar-refractivity contribution is -0.384. The summed E-state index contributed by atoms with van der Waals surface area (Å²) in [5.41, 5.74) is -6.45. The molecule has 1 amide bonds. The first-order valence-electron chi connectivity index (χ1n) is 9.06. The van der Waals surface area contributed by atoms with Crippen LogP contribution >= 0.6 is 0 Å². The molecule has 1 heterocycles. The fraction of sp³-hybridized carbons (Fsp3) is 0.421. The zero-order valence-electron chi connectivity index (χ0n) is 17.5. The van der Waals surface area contributed by atoms with Gasteiger partial charge in [-0.1, -0.05) is 0 Å². The number of H-pyrrole nitrogens is 1. The number of hydrogen-bond donors (Lipinski definition) is 2. The van der Waals surface area contributed by atoms with Crippen molar-refractivity contribution in [2.45, 2.75) is 44.5 Å². The van der Waals surface area contributed by atoms with Crippen LogP contribution in [0, 0.1) is 10.1 Å². The molecule has 2 N–H and O–H groups in total. The van der Waals surface area contributed by atoms with E-state index in [2.05, 4.69) is 9.72 Å². The van der Waals surface area contributed by atoms with E-state index >= 15 is 0 Å². The second-order valence-corrected chi connectivity index (χ2v) is 7.85. The first kappa shape index (κ1) is 24.6. The molecule has 2 aromatic rings. The van der Waals surface area contributed by atoms with Crippen molar-refractivity contribution in [2.75, 3.05) is 7.11 Å². The van der Waals surface area contributed by atoms with Crippen molar-refractivity contribution in [1.82, 2.24) is 10.3 Å². The molecule has 0 radical (unpaired) electrons. The molecule has 2 rings (SSSR count). The number of alkyl halides is 3. The number of carbonyl (C=O) groups excluding carboxylic acids is 2. The maximum Gasteiger partial charge on any atom is 0.422 e. The molecule has 174 valence electrons. The Bertz CT molecular complexity index is 1120. The minimum atomic E-state index is -5.37. The number of ether oxygens (including phenoxy) is 2. The van der Waals surface area contributed by atoms with E-state index in [-0.39, 0.29) is 10.8 Å². The van der Waals surface area contributed by atoms with Gasteiger partial charge < -0.3 is 14.5 Å². The van der Waals surface area contributed by atoms with Gasteiger partial charge >= 0.3 is 18.2 Å². The van der Waals surface area contributed by atoms with Crippen LogP contribution in [0.1, 0.15) is 26.5 Å². The standard InChI is InChI=1S/C19H20F3N3O7/c1-17(2,3)32-16(28)24-18(15(27)31-4,19(20,21)22)9-11-7-10-8-12(25(29)30)5-6-13(10)14(26)23-11/h5-8H,9H2,1-4H3,(H,23,26)(H,24,28). The molecule has 0 spiro atoms. The fourth-order valence-corrected chi connectivity index (χ4v) is 2.91. The maximum atomic E-state index is 14.1. The van der Waals surface area contributed by atoms with Gasteiger partial charge in [-0.2, -0.15) is 13.2 Å². The molecule has 0 aliphatic heterocycles. The van der Waals surface area contributed by atoms with Crippen LogP contribution in [0.2, 0.25) is 0 Å². The average Bonchev–Trinajstić information content (AvgIpc) is 2.63. The Morgan fingerprint density at radius 2 is 1.81 bits per heavy atom. The molecule has 0 saturated heterocycles. The smallest absolute Gasteiger partial charge is 0.422 e. The Kier molecular flexibility index (Phi) is 6.52. The summed E-state index contributed by atoms with van der Waals surface area (Å²) in [5.74, 6) is -1.85. The van der Waals surface area contributed by atoms with Gasteiger partial charge in [0, 0.05) is 29.6 Å². The molecule has 0 aliphatic carbocycles. The van der Waals surface area contributed by atoms with E-state index < -0.39 is 57.7 Å². The molecule has 10 nitrogen and oxygen atoms in total. The van der Waals surface area contributed by atoms with Crippen molar-refractivity contribution >= 4 is 28.5 Å². The molecule has 1 aromatic carbocycles. The quantitative estimate of drug-likeness (QED) is 0.398. The van der Waals surface area contributed by atoms with Crippen molar-refractivity contribution in [1.29, 1.82) is 0 Å².